The van der Waals surface area contributed by atoms with Crippen LogP contribution >= 0.6 is 0 Å². The zero-order valence-corrected chi connectivity index (χ0v) is 17.3. The fraction of sp³-hybridized carbons (Fsp3) is 0.900. The van der Waals surface area contributed by atoms with Gasteiger partial charge in [-0.05, 0) is 39.5 Å². The zero-order chi connectivity index (χ0) is 20.4. The molecule has 4 heterocycles. The summed E-state index contributed by atoms with van der Waals surface area (Å²) in [5.41, 5.74) is 11.1. The summed E-state index contributed by atoms with van der Waals surface area (Å²) in [6.45, 7) is 9.53. The maximum atomic E-state index is 12.0. The molecule has 4 fully saturated rings. The van der Waals surface area contributed by atoms with Gasteiger partial charge in [0, 0.05) is 38.3 Å². The first-order valence-corrected chi connectivity index (χ1v) is 10.5. The van der Waals surface area contributed by atoms with Crippen molar-refractivity contribution in [3.05, 3.63) is 0 Å². The van der Waals surface area contributed by atoms with Crippen LogP contribution in [0.4, 0.5) is 0 Å². The molecule has 0 bridgehead atoms. The third-order valence-electron chi connectivity index (χ3n) is 6.37. The van der Waals surface area contributed by atoms with Gasteiger partial charge in [0.15, 0.2) is 0 Å². The summed E-state index contributed by atoms with van der Waals surface area (Å²) in [5.74, 6) is 0.492. The smallest absolute Gasteiger partial charge is 0.233 e. The molecule has 0 unspecified atom stereocenters. The average molecular weight is 397 g/mol. The van der Waals surface area contributed by atoms with Crippen LogP contribution in [0.25, 0.3) is 0 Å². The number of hydrogen-bond donors (Lipinski definition) is 2. The topological polar surface area (TPSA) is 111 Å². The van der Waals surface area contributed by atoms with Gasteiger partial charge in [-0.2, -0.15) is 0 Å². The quantitative estimate of drug-likeness (QED) is 0.677. The first kappa shape index (κ1) is 21.5. The van der Waals surface area contributed by atoms with E-state index >= 15 is 0 Å². The number of carbonyl (C=O) groups is 2. The van der Waals surface area contributed by atoms with Gasteiger partial charge in [0.2, 0.25) is 11.8 Å². The van der Waals surface area contributed by atoms with Crippen LogP contribution in [0.15, 0.2) is 0 Å². The number of carbonyl (C=O) groups excluding carboxylic acids is 2. The van der Waals surface area contributed by atoms with Crippen LogP contribution in [0.2, 0.25) is 0 Å². The number of ether oxygens (including phenoxy) is 2. The lowest BCUT2D eigenvalue weighted by Crippen LogP contribution is -2.55. The molecule has 4 aliphatic heterocycles. The molecule has 0 radical (unpaired) electrons. The van der Waals surface area contributed by atoms with E-state index in [1.165, 1.54) is 0 Å². The number of rotatable bonds is 2. The molecule has 0 saturated carbocycles. The molecular formula is C20H36N4O4. The Bertz CT molecular complexity index is 511. The van der Waals surface area contributed by atoms with Crippen molar-refractivity contribution in [3.8, 4) is 0 Å². The molecule has 4 aliphatic rings. The number of hydrogen-bond acceptors (Lipinski definition) is 6. The lowest BCUT2D eigenvalue weighted by Gasteiger charge is -2.42. The van der Waals surface area contributed by atoms with Crippen LogP contribution in [0.5, 0.6) is 0 Å². The molecule has 28 heavy (non-hydrogen) atoms. The van der Waals surface area contributed by atoms with Gasteiger partial charge >= 0.3 is 0 Å². The van der Waals surface area contributed by atoms with Crippen LogP contribution in [0.3, 0.4) is 0 Å². The van der Waals surface area contributed by atoms with Crippen LogP contribution in [-0.2, 0) is 19.1 Å². The Morgan fingerprint density at radius 3 is 1.21 bits per heavy atom. The minimum atomic E-state index is -0.249. The van der Waals surface area contributed by atoms with Crippen molar-refractivity contribution in [2.75, 3.05) is 52.6 Å². The van der Waals surface area contributed by atoms with Gasteiger partial charge in [0.05, 0.1) is 37.3 Å². The minimum Gasteiger partial charge on any atom is -0.379 e. The Kier molecular flexibility index (Phi) is 6.64. The van der Waals surface area contributed by atoms with Gasteiger partial charge < -0.3 is 30.7 Å². The molecule has 0 aromatic heterocycles. The molecule has 160 valence electrons. The van der Waals surface area contributed by atoms with Crippen molar-refractivity contribution in [2.24, 2.45) is 22.3 Å². The van der Waals surface area contributed by atoms with Crippen LogP contribution in [0, 0.1) is 10.8 Å². The predicted octanol–water partition coefficient (Wildman–Crippen LogP) is -0.0548. The van der Waals surface area contributed by atoms with Crippen molar-refractivity contribution in [2.45, 2.75) is 51.6 Å². The largest absolute Gasteiger partial charge is 0.379 e. The van der Waals surface area contributed by atoms with Gasteiger partial charge in [-0.3, -0.25) is 9.59 Å². The van der Waals surface area contributed by atoms with Gasteiger partial charge in [-0.15, -0.1) is 0 Å². The van der Waals surface area contributed by atoms with E-state index in [1.54, 1.807) is 0 Å². The van der Waals surface area contributed by atoms with Gasteiger partial charge in [-0.1, -0.05) is 0 Å². The normalized spacial score (nSPS) is 27.1. The fourth-order valence-corrected chi connectivity index (χ4v) is 4.03. The molecule has 4 N–H and O–H groups in total. The predicted molar refractivity (Wildman–Crippen MR) is 105 cm³/mol. The monoisotopic (exact) mass is 396 g/mol. The molecule has 0 spiro atoms. The number of nitrogens with zero attached hydrogens (tertiary/aromatic N) is 2. The molecule has 4 rings (SSSR count). The van der Waals surface area contributed by atoms with Crippen molar-refractivity contribution in [3.63, 3.8) is 0 Å². The average Bonchev–Trinajstić information content (AvgIpc) is 2.65. The van der Waals surface area contributed by atoms with Crippen LogP contribution < -0.4 is 11.5 Å². The van der Waals surface area contributed by atoms with E-state index in [2.05, 4.69) is 0 Å². The van der Waals surface area contributed by atoms with Gasteiger partial charge in [0.1, 0.15) is 0 Å². The SMILES string of the molecule is CC1(C(=O)N2CCC(N)CC2)COC1.CC1(C(=O)N2CCC(N)CC2)COC1. The zero-order valence-electron chi connectivity index (χ0n) is 17.3. The minimum absolute atomic E-state index is 0.246. The maximum absolute atomic E-state index is 12.0. The third-order valence-corrected chi connectivity index (χ3v) is 6.37. The van der Waals surface area contributed by atoms with E-state index < -0.39 is 0 Å². The Morgan fingerprint density at radius 1 is 0.714 bits per heavy atom. The molecule has 8 nitrogen and oxygen atoms in total. The van der Waals surface area contributed by atoms with E-state index in [0.29, 0.717) is 26.4 Å². The van der Waals surface area contributed by atoms with E-state index in [1.807, 2.05) is 23.6 Å². The molecule has 0 atom stereocenters. The number of likely N-dealkylation sites (tertiary alicyclic amines) is 2. The van der Waals surface area contributed by atoms with Crippen LogP contribution in [-0.4, -0.2) is 86.3 Å². The summed E-state index contributed by atoms with van der Waals surface area (Å²) in [5, 5.41) is 0. The lowest BCUT2D eigenvalue weighted by molar-refractivity contribution is -0.170. The standard InChI is InChI=1S/2C10H18N2O2/c2*1-10(6-14-7-10)9(13)12-4-2-8(11)3-5-12/h2*8H,2-7,11H2,1H3. The highest BCUT2D eigenvalue weighted by Gasteiger charge is 2.44. The molecule has 0 aliphatic carbocycles. The molecule has 0 aromatic carbocycles. The highest BCUT2D eigenvalue weighted by molar-refractivity contribution is 5.84. The second-order valence-electron chi connectivity index (χ2n) is 9.37. The van der Waals surface area contributed by atoms with Crippen molar-refractivity contribution < 1.29 is 19.1 Å². The van der Waals surface area contributed by atoms with Crippen molar-refractivity contribution >= 4 is 11.8 Å². The Balaban J connectivity index is 0.000000161. The van der Waals surface area contributed by atoms with Crippen LogP contribution in [0.1, 0.15) is 39.5 Å². The van der Waals surface area contributed by atoms with Crippen molar-refractivity contribution in [1.82, 2.24) is 9.80 Å². The lowest BCUT2D eigenvalue weighted by atomic mass is 9.86. The molecular weight excluding hydrogens is 360 g/mol. The summed E-state index contributed by atoms with van der Waals surface area (Å²) < 4.78 is 10.2. The first-order chi connectivity index (χ1) is 13.2. The van der Waals surface area contributed by atoms with E-state index in [-0.39, 0.29) is 34.7 Å². The molecule has 2 amide bonds. The summed E-state index contributed by atoms with van der Waals surface area (Å²) >= 11 is 0. The molecule has 8 heteroatoms. The Morgan fingerprint density at radius 2 is 1.00 bits per heavy atom. The Labute approximate surface area is 167 Å². The highest BCUT2D eigenvalue weighted by Crippen LogP contribution is 2.31. The summed E-state index contributed by atoms with van der Waals surface area (Å²) in [4.78, 5) is 27.9. The van der Waals surface area contributed by atoms with Gasteiger partial charge in [-0.25, -0.2) is 0 Å². The fourth-order valence-electron chi connectivity index (χ4n) is 4.03. The van der Waals surface area contributed by atoms with E-state index in [9.17, 15) is 9.59 Å². The number of piperidine rings is 2. The first-order valence-electron chi connectivity index (χ1n) is 10.5. The van der Waals surface area contributed by atoms with Crippen molar-refractivity contribution in [1.29, 1.82) is 0 Å². The summed E-state index contributed by atoms with van der Waals surface area (Å²) in [6.07, 6.45) is 3.73. The third kappa shape index (κ3) is 4.67. The Hall–Kier alpha value is -1.22. The number of nitrogens with two attached hydrogens (primary N) is 2. The second-order valence-corrected chi connectivity index (χ2v) is 9.37. The van der Waals surface area contributed by atoms with E-state index in [4.69, 9.17) is 20.9 Å². The summed E-state index contributed by atoms with van der Waals surface area (Å²) in [7, 11) is 0. The maximum Gasteiger partial charge on any atom is 0.233 e. The number of amides is 2. The summed E-state index contributed by atoms with van der Waals surface area (Å²) in [6, 6.07) is 0.564. The highest BCUT2D eigenvalue weighted by atomic mass is 16.5. The molecule has 0 aromatic rings. The second kappa shape index (κ2) is 8.65. The van der Waals surface area contributed by atoms with Gasteiger partial charge in [0.25, 0.3) is 0 Å². The van der Waals surface area contributed by atoms with E-state index in [0.717, 1.165) is 51.9 Å². The molecule has 4 saturated heterocycles.